The average molecular weight is 408 g/mol. The second-order valence-electron chi connectivity index (χ2n) is 7.35. The van der Waals surface area contributed by atoms with Crippen LogP contribution in [-0.2, 0) is 14.8 Å². The summed E-state index contributed by atoms with van der Waals surface area (Å²) in [5.74, 6) is -0.566. The standard InChI is InChI=1S/C19H25FN4O3S/c1-13(2)24-18(11-14(3)22-24)21-19(25)15-5-4-10-23(12-15)28(26,27)17-8-6-16(20)7-9-17/h6-9,11,13,15H,4-5,10,12H2,1-3H3,(H,21,25). The molecule has 9 heteroatoms. The van der Waals surface area contributed by atoms with Gasteiger partial charge in [-0.1, -0.05) is 0 Å². The Kier molecular flexibility index (Phi) is 5.85. The van der Waals surface area contributed by atoms with Crippen LogP contribution in [0.5, 0.6) is 0 Å². The van der Waals surface area contributed by atoms with E-state index in [1.165, 1.54) is 16.4 Å². The molecule has 1 atom stereocenters. The van der Waals surface area contributed by atoms with Gasteiger partial charge in [0.05, 0.1) is 16.5 Å². The van der Waals surface area contributed by atoms with Gasteiger partial charge in [-0.2, -0.15) is 9.40 Å². The maximum Gasteiger partial charge on any atom is 0.243 e. The second-order valence-corrected chi connectivity index (χ2v) is 9.29. The summed E-state index contributed by atoms with van der Waals surface area (Å²) in [6.07, 6.45) is 1.19. The van der Waals surface area contributed by atoms with Crippen molar-refractivity contribution in [2.24, 2.45) is 5.92 Å². The number of hydrogen-bond acceptors (Lipinski definition) is 4. The molecule has 2 aromatic rings. The number of hydrogen-bond donors (Lipinski definition) is 1. The number of sulfonamides is 1. The fourth-order valence-corrected chi connectivity index (χ4v) is 4.89. The third-order valence-electron chi connectivity index (χ3n) is 4.80. The number of piperidine rings is 1. The van der Waals surface area contributed by atoms with Gasteiger partial charge < -0.3 is 5.32 Å². The first-order chi connectivity index (χ1) is 13.2. The summed E-state index contributed by atoms with van der Waals surface area (Å²) >= 11 is 0. The minimum atomic E-state index is -3.77. The van der Waals surface area contributed by atoms with E-state index in [2.05, 4.69) is 10.4 Å². The lowest BCUT2D eigenvalue weighted by Gasteiger charge is -2.31. The van der Waals surface area contributed by atoms with Crippen molar-refractivity contribution < 1.29 is 17.6 Å². The number of benzene rings is 1. The number of aryl methyl sites for hydroxylation is 1. The summed E-state index contributed by atoms with van der Waals surface area (Å²) in [5.41, 5.74) is 0.799. The van der Waals surface area contributed by atoms with Crippen molar-refractivity contribution in [3.8, 4) is 0 Å². The fraction of sp³-hybridized carbons (Fsp3) is 0.474. The summed E-state index contributed by atoms with van der Waals surface area (Å²) in [4.78, 5) is 12.8. The smallest absolute Gasteiger partial charge is 0.243 e. The second kappa shape index (κ2) is 8.00. The number of halogens is 1. The summed E-state index contributed by atoms with van der Waals surface area (Å²) in [7, 11) is -3.77. The van der Waals surface area contributed by atoms with Crippen LogP contribution in [0.3, 0.4) is 0 Å². The zero-order chi connectivity index (χ0) is 20.5. The van der Waals surface area contributed by atoms with E-state index in [-0.39, 0.29) is 23.4 Å². The molecule has 0 saturated carbocycles. The quantitative estimate of drug-likeness (QED) is 0.824. The highest BCUT2D eigenvalue weighted by molar-refractivity contribution is 7.89. The largest absolute Gasteiger partial charge is 0.311 e. The van der Waals surface area contributed by atoms with Crippen LogP contribution < -0.4 is 5.32 Å². The predicted octanol–water partition coefficient (Wildman–Crippen LogP) is 2.95. The normalized spacial score (nSPS) is 18.4. The number of rotatable bonds is 5. The molecule has 0 bridgehead atoms. The van der Waals surface area contributed by atoms with Gasteiger partial charge in [0, 0.05) is 25.2 Å². The molecule has 152 valence electrons. The highest BCUT2D eigenvalue weighted by Crippen LogP contribution is 2.25. The predicted molar refractivity (Wildman–Crippen MR) is 104 cm³/mol. The van der Waals surface area contributed by atoms with E-state index in [0.717, 1.165) is 17.8 Å². The molecule has 0 radical (unpaired) electrons. The van der Waals surface area contributed by atoms with Crippen molar-refractivity contribution in [2.45, 2.75) is 44.6 Å². The monoisotopic (exact) mass is 408 g/mol. The molecule has 7 nitrogen and oxygen atoms in total. The minimum Gasteiger partial charge on any atom is -0.311 e. The maximum atomic E-state index is 13.1. The van der Waals surface area contributed by atoms with E-state index in [0.29, 0.717) is 25.2 Å². The number of anilines is 1. The molecule has 0 aliphatic carbocycles. The van der Waals surface area contributed by atoms with Crippen LogP contribution in [0.2, 0.25) is 0 Å². The lowest BCUT2D eigenvalue weighted by molar-refractivity contribution is -0.120. The van der Waals surface area contributed by atoms with E-state index in [1.807, 2.05) is 20.8 Å². The first-order valence-electron chi connectivity index (χ1n) is 9.31. The summed E-state index contributed by atoms with van der Waals surface area (Å²) < 4.78 is 41.8. The van der Waals surface area contributed by atoms with Crippen molar-refractivity contribution in [1.29, 1.82) is 0 Å². The Morgan fingerprint density at radius 3 is 2.61 bits per heavy atom. The Morgan fingerprint density at radius 2 is 1.96 bits per heavy atom. The van der Waals surface area contributed by atoms with Crippen molar-refractivity contribution in [3.05, 3.63) is 41.8 Å². The lowest BCUT2D eigenvalue weighted by atomic mass is 9.99. The molecule has 3 rings (SSSR count). The molecular weight excluding hydrogens is 383 g/mol. The molecule has 1 aromatic heterocycles. The third-order valence-corrected chi connectivity index (χ3v) is 6.68. The Balaban J connectivity index is 1.74. The molecule has 28 heavy (non-hydrogen) atoms. The highest BCUT2D eigenvalue weighted by Gasteiger charge is 2.33. The maximum absolute atomic E-state index is 13.1. The van der Waals surface area contributed by atoms with Crippen LogP contribution in [0, 0.1) is 18.7 Å². The number of amides is 1. The van der Waals surface area contributed by atoms with Crippen LogP contribution >= 0.6 is 0 Å². The van der Waals surface area contributed by atoms with Gasteiger partial charge in [-0.25, -0.2) is 17.5 Å². The summed E-state index contributed by atoms with van der Waals surface area (Å²) in [5, 5.41) is 7.27. The molecule has 1 unspecified atom stereocenters. The number of carbonyl (C=O) groups excluding carboxylic acids is 1. The number of aromatic nitrogens is 2. The van der Waals surface area contributed by atoms with Crippen LogP contribution in [0.25, 0.3) is 0 Å². The number of carbonyl (C=O) groups is 1. The Hall–Kier alpha value is -2.26. The van der Waals surface area contributed by atoms with Crippen molar-refractivity contribution >= 4 is 21.7 Å². The summed E-state index contributed by atoms with van der Waals surface area (Å²) in [6, 6.07) is 6.63. The van der Waals surface area contributed by atoms with Gasteiger partial charge in [-0.15, -0.1) is 0 Å². The van der Waals surface area contributed by atoms with Gasteiger partial charge >= 0.3 is 0 Å². The molecule has 1 fully saturated rings. The van der Waals surface area contributed by atoms with E-state index in [9.17, 15) is 17.6 Å². The molecule has 0 spiro atoms. The minimum absolute atomic E-state index is 0.0310. The first kappa shape index (κ1) is 20.5. The average Bonchev–Trinajstić information content (AvgIpc) is 3.02. The van der Waals surface area contributed by atoms with Crippen molar-refractivity contribution in [3.63, 3.8) is 0 Å². The van der Waals surface area contributed by atoms with Gasteiger partial charge in [0.1, 0.15) is 11.6 Å². The first-order valence-corrected chi connectivity index (χ1v) is 10.7. The Morgan fingerprint density at radius 1 is 1.29 bits per heavy atom. The molecule has 1 aliphatic rings. The van der Waals surface area contributed by atoms with E-state index < -0.39 is 21.8 Å². The van der Waals surface area contributed by atoms with Crippen LogP contribution in [-0.4, -0.2) is 41.5 Å². The highest BCUT2D eigenvalue weighted by atomic mass is 32.2. The molecule has 1 aliphatic heterocycles. The van der Waals surface area contributed by atoms with Gasteiger partial charge in [0.25, 0.3) is 0 Å². The topological polar surface area (TPSA) is 84.3 Å². The molecule has 1 N–H and O–H groups in total. The van der Waals surface area contributed by atoms with E-state index >= 15 is 0 Å². The van der Waals surface area contributed by atoms with Gasteiger partial charge in [0.15, 0.2) is 0 Å². The molecular formula is C19H25FN4O3S. The van der Waals surface area contributed by atoms with Crippen molar-refractivity contribution in [1.82, 2.24) is 14.1 Å². The van der Waals surface area contributed by atoms with Crippen molar-refractivity contribution in [2.75, 3.05) is 18.4 Å². The summed E-state index contributed by atoms with van der Waals surface area (Å²) in [6.45, 7) is 6.23. The van der Waals surface area contributed by atoms with Gasteiger partial charge in [-0.3, -0.25) is 4.79 Å². The number of nitrogens with zero attached hydrogens (tertiary/aromatic N) is 3. The van der Waals surface area contributed by atoms with E-state index in [1.54, 1.807) is 10.7 Å². The molecule has 1 amide bonds. The molecule has 1 aromatic carbocycles. The van der Waals surface area contributed by atoms with E-state index in [4.69, 9.17) is 0 Å². The fourth-order valence-electron chi connectivity index (χ4n) is 3.36. The Labute approximate surface area is 164 Å². The molecule has 2 heterocycles. The van der Waals surface area contributed by atoms with Crippen LogP contribution in [0.4, 0.5) is 10.2 Å². The number of nitrogens with one attached hydrogen (secondary N) is 1. The Bertz CT molecular complexity index is 954. The SMILES string of the molecule is Cc1cc(NC(=O)C2CCCN(S(=O)(=O)c3ccc(F)cc3)C2)n(C(C)C)n1. The zero-order valence-corrected chi connectivity index (χ0v) is 17.0. The van der Waals surface area contributed by atoms with Gasteiger partial charge in [-0.05, 0) is 57.9 Å². The van der Waals surface area contributed by atoms with Gasteiger partial charge in [0.2, 0.25) is 15.9 Å². The van der Waals surface area contributed by atoms with Crippen LogP contribution in [0.15, 0.2) is 35.2 Å². The lowest BCUT2D eigenvalue weighted by Crippen LogP contribution is -2.43. The zero-order valence-electron chi connectivity index (χ0n) is 16.2. The third kappa shape index (κ3) is 4.25. The van der Waals surface area contributed by atoms with Crippen LogP contribution in [0.1, 0.15) is 38.4 Å². The molecule has 1 saturated heterocycles.